The molecule has 5 heteroatoms. The van der Waals surface area contributed by atoms with Gasteiger partial charge in [0.1, 0.15) is 9.88 Å². The van der Waals surface area contributed by atoms with Crippen molar-refractivity contribution in [2.45, 2.75) is 25.8 Å². The second kappa shape index (κ2) is 6.17. The molecule has 1 aromatic carbocycles. The first-order chi connectivity index (χ1) is 11.7. The number of hydrogen-bond acceptors (Lipinski definition) is 4. The number of carbonyl (C=O) groups is 1. The number of fused-ring (bicyclic) bond motifs is 1. The molecule has 24 heavy (non-hydrogen) atoms. The summed E-state index contributed by atoms with van der Waals surface area (Å²) >= 11 is 1.40. The molecular weight excluding hydrogens is 318 g/mol. The maximum absolute atomic E-state index is 12.7. The molecule has 1 amide bonds. The SMILES string of the molecule is Cc1nc(-c2ccccn2)sc1C(=O)NC1CCc2ccccc21. The van der Waals surface area contributed by atoms with Crippen LogP contribution >= 0.6 is 11.3 Å². The molecule has 0 aliphatic heterocycles. The summed E-state index contributed by atoms with van der Waals surface area (Å²) in [6.07, 6.45) is 3.71. The highest BCUT2D eigenvalue weighted by atomic mass is 32.1. The summed E-state index contributed by atoms with van der Waals surface area (Å²) in [7, 11) is 0. The lowest BCUT2D eigenvalue weighted by atomic mass is 10.1. The van der Waals surface area contributed by atoms with E-state index in [-0.39, 0.29) is 11.9 Å². The summed E-state index contributed by atoms with van der Waals surface area (Å²) in [6, 6.07) is 14.1. The van der Waals surface area contributed by atoms with Gasteiger partial charge in [0.25, 0.3) is 5.91 Å². The number of benzene rings is 1. The van der Waals surface area contributed by atoms with Crippen molar-refractivity contribution in [1.29, 1.82) is 0 Å². The van der Waals surface area contributed by atoms with Gasteiger partial charge in [0.05, 0.1) is 17.4 Å². The zero-order valence-corrected chi connectivity index (χ0v) is 14.1. The molecule has 0 fully saturated rings. The van der Waals surface area contributed by atoms with Crippen LogP contribution in [0.5, 0.6) is 0 Å². The highest BCUT2D eigenvalue weighted by Gasteiger charge is 2.25. The lowest BCUT2D eigenvalue weighted by molar-refractivity contribution is 0.0940. The van der Waals surface area contributed by atoms with Crippen LogP contribution in [0.3, 0.4) is 0 Å². The van der Waals surface area contributed by atoms with Gasteiger partial charge in [0, 0.05) is 6.20 Å². The number of nitrogens with one attached hydrogen (secondary N) is 1. The van der Waals surface area contributed by atoms with Crippen LogP contribution in [0.1, 0.15) is 39.0 Å². The summed E-state index contributed by atoms with van der Waals surface area (Å²) < 4.78 is 0. The molecule has 0 radical (unpaired) electrons. The zero-order chi connectivity index (χ0) is 16.5. The third-order valence-corrected chi connectivity index (χ3v) is 5.50. The number of aryl methyl sites for hydroxylation is 2. The smallest absolute Gasteiger partial charge is 0.263 e. The zero-order valence-electron chi connectivity index (χ0n) is 13.3. The van der Waals surface area contributed by atoms with Crippen molar-refractivity contribution in [2.24, 2.45) is 0 Å². The number of aromatic nitrogens is 2. The summed E-state index contributed by atoms with van der Waals surface area (Å²) in [6.45, 7) is 1.88. The van der Waals surface area contributed by atoms with Gasteiger partial charge >= 0.3 is 0 Å². The van der Waals surface area contributed by atoms with Crippen molar-refractivity contribution in [1.82, 2.24) is 15.3 Å². The molecule has 1 unspecified atom stereocenters. The number of amides is 1. The molecule has 1 aliphatic rings. The third-order valence-electron chi connectivity index (χ3n) is 4.33. The van der Waals surface area contributed by atoms with E-state index in [9.17, 15) is 4.79 Å². The summed E-state index contributed by atoms with van der Waals surface area (Å²) in [5.74, 6) is -0.0473. The molecule has 0 bridgehead atoms. The molecule has 0 saturated heterocycles. The molecule has 2 heterocycles. The van der Waals surface area contributed by atoms with Crippen LogP contribution in [-0.2, 0) is 6.42 Å². The predicted molar refractivity (Wildman–Crippen MR) is 95.1 cm³/mol. The molecule has 1 N–H and O–H groups in total. The van der Waals surface area contributed by atoms with Gasteiger partial charge in [-0.1, -0.05) is 30.3 Å². The quantitative estimate of drug-likeness (QED) is 0.789. The Labute approximate surface area is 144 Å². The van der Waals surface area contributed by atoms with Gasteiger partial charge < -0.3 is 5.32 Å². The fourth-order valence-electron chi connectivity index (χ4n) is 3.14. The van der Waals surface area contributed by atoms with Crippen LogP contribution < -0.4 is 5.32 Å². The van der Waals surface area contributed by atoms with Crippen LogP contribution in [0, 0.1) is 6.92 Å². The average molecular weight is 335 g/mol. The Balaban J connectivity index is 1.57. The number of thiazole rings is 1. The van der Waals surface area contributed by atoms with Crippen molar-refractivity contribution in [3.05, 3.63) is 70.4 Å². The standard InChI is InChI=1S/C19H17N3OS/c1-12-17(24-19(21-12)16-8-4-5-11-20-16)18(23)22-15-10-9-13-6-2-3-7-14(13)15/h2-8,11,15H,9-10H2,1H3,(H,22,23). The maximum atomic E-state index is 12.7. The van der Waals surface area contributed by atoms with Gasteiger partial charge in [-0.15, -0.1) is 11.3 Å². The highest BCUT2D eigenvalue weighted by molar-refractivity contribution is 7.17. The van der Waals surface area contributed by atoms with Crippen molar-refractivity contribution >= 4 is 17.2 Å². The van der Waals surface area contributed by atoms with Gasteiger partial charge in [-0.2, -0.15) is 0 Å². The van der Waals surface area contributed by atoms with Crippen LogP contribution in [0.4, 0.5) is 0 Å². The fraction of sp³-hybridized carbons (Fsp3) is 0.211. The average Bonchev–Trinajstić information content (AvgIpc) is 3.20. The Hall–Kier alpha value is -2.53. The normalized spacial score (nSPS) is 16.0. The first-order valence-electron chi connectivity index (χ1n) is 8.00. The molecule has 4 rings (SSSR count). The number of carbonyl (C=O) groups excluding carboxylic acids is 1. The number of pyridine rings is 1. The molecule has 0 spiro atoms. The van der Waals surface area contributed by atoms with Crippen LogP contribution in [0.2, 0.25) is 0 Å². The van der Waals surface area contributed by atoms with Gasteiger partial charge in [-0.05, 0) is 43.0 Å². The highest BCUT2D eigenvalue weighted by Crippen LogP contribution is 2.32. The van der Waals surface area contributed by atoms with E-state index >= 15 is 0 Å². The second-order valence-electron chi connectivity index (χ2n) is 5.91. The van der Waals surface area contributed by atoms with Crippen molar-refractivity contribution in [3.63, 3.8) is 0 Å². The van der Waals surface area contributed by atoms with E-state index in [1.54, 1.807) is 6.20 Å². The Morgan fingerprint density at radius 1 is 1.21 bits per heavy atom. The number of hydrogen-bond donors (Lipinski definition) is 1. The monoisotopic (exact) mass is 335 g/mol. The van der Waals surface area contributed by atoms with Crippen LogP contribution in [0.15, 0.2) is 48.7 Å². The minimum absolute atomic E-state index is 0.0473. The van der Waals surface area contributed by atoms with E-state index in [2.05, 4.69) is 33.5 Å². The molecule has 4 nitrogen and oxygen atoms in total. The Morgan fingerprint density at radius 2 is 2.04 bits per heavy atom. The van der Waals surface area contributed by atoms with Crippen LogP contribution in [0.25, 0.3) is 10.7 Å². The minimum Gasteiger partial charge on any atom is -0.344 e. The second-order valence-corrected chi connectivity index (χ2v) is 6.91. The van der Waals surface area contributed by atoms with Crippen molar-refractivity contribution in [2.75, 3.05) is 0 Å². The minimum atomic E-state index is -0.0473. The Morgan fingerprint density at radius 3 is 2.88 bits per heavy atom. The lowest BCUT2D eigenvalue weighted by Crippen LogP contribution is -2.26. The molecular formula is C19H17N3OS. The molecule has 0 saturated carbocycles. The summed E-state index contributed by atoms with van der Waals surface area (Å²) in [5.41, 5.74) is 4.12. The first kappa shape index (κ1) is 15.0. The first-order valence-corrected chi connectivity index (χ1v) is 8.81. The van der Waals surface area contributed by atoms with Gasteiger partial charge in [-0.3, -0.25) is 9.78 Å². The molecule has 1 atom stereocenters. The van der Waals surface area contributed by atoms with Gasteiger partial charge in [-0.25, -0.2) is 4.98 Å². The van der Waals surface area contributed by atoms with E-state index in [1.807, 2.05) is 31.2 Å². The van der Waals surface area contributed by atoms with Crippen molar-refractivity contribution < 1.29 is 4.79 Å². The fourth-order valence-corrected chi connectivity index (χ4v) is 4.08. The largest absolute Gasteiger partial charge is 0.344 e. The van der Waals surface area contributed by atoms with E-state index < -0.39 is 0 Å². The molecule has 120 valence electrons. The Kier molecular flexibility index (Phi) is 3.86. The number of rotatable bonds is 3. The van der Waals surface area contributed by atoms with E-state index in [1.165, 1.54) is 22.5 Å². The predicted octanol–water partition coefficient (Wildman–Crippen LogP) is 3.93. The van der Waals surface area contributed by atoms with Crippen LogP contribution in [-0.4, -0.2) is 15.9 Å². The van der Waals surface area contributed by atoms with E-state index in [0.717, 1.165) is 29.2 Å². The van der Waals surface area contributed by atoms with Gasteiger partial charge in [0.2, 0.25) is 0 Å². The lowest BCUT2D eigenvalue weighted by Gasteiger charge is -2.13. The molecule has 3 aromatic rings. The van der Waals surface area contributed by atoms with Gasteiger partial charge in [0.15, 0.2) is 0 Å². The molecule has 2 aromatic heterocycles. The molecule has 1 aliphatic carbocycles. The van der Waals surface area contributed by atoms with E-state index in [4.69, 9.17) is 0 Å². The summed E-state index contributed by atoms with van der Waals surface area (Å²) in [5, 5.41) is 3.95. The maximum Gasteiger partial charge on any atom is 0.263 e. The van der Waals surface area contributed by atoms with E-state index in [0.29, 0.717) is 4.88 Å². The topological polar surface area (TPSA) is 54.9 Å². The summed E-state index contributed by atoms with van der Waals surface area (Å²) in [4.78, 5) is 22.2. The van der Waals surface area contributed by atoms with Crippen molar-refractivity contribution in [3.8, 4) is 10.7 Å². The third kappa shape index (κ3) is 2.71. The number of nitrogens with zero attached hydrogens (tertiary/aromatic N) is 2. The Bertz CT molecular complexity index is 889.